The standard InChI is InChI=1S/C14H24N2O3S2/c1-10(2)19-7-6-16-21(17,18)14-11(3)9-20-13(14)8-15-12-4-5-12/h9-10,12,15-16H,4-8H2,1-3H3. The Kier molecular flexibility index (Phi) is 5.79. The van der Waals surface area contributed by atoms with E-state index < -0.39 is 10.0 Å². The van der Waals surface area contributed by atoms with Crippen LogP contribution in [0.3, 0.4) is 0 Å². The molecule has 2 rings (SSSR count). The number of aryl methyl sites for hydroxylation is 1. The third kappa shape index (κ3) is 5.03. The molecule has 2 N–H and O–H groups in total. The molecule has 0 radical (unpaired) electrons. The van der Waals surface area contributed by atoms with Crippen LogP contribution in [0.25, 0.3) is 0 Å². The van der Waals surface area contributed by atoms with Crippen molar-refractivity contribution in [3.8, 4) is 0 Å². The largest absolute Gasteiger partial charge is 0.377 e. The molecule has 1 aromatic rings. The van der Waals surface area contributed by atoms with Gasteiger partial charge < -0.3 is 10.1 Å². The predicted octanol–water partition coefficient (Wildman–Crippen LogP) is 2.01. The molecule has 5 nitrogen and oxygen atoms in total. The molecule has 1 fully saturated rings. The van der Waals surface area contributed by atoms with E-state index in [2.05, 4.69) is 10.0 Å². The highest BCUT2D eigenvalue weighted by Crippen LogP contribution is 2.28. The second-order valence-electron chi connectivity index (χ2n) is 5.64. The maximum Gasteiger partial charge on any atom is 0.242 e. The summed E-state index contributed by atoms with van der Waals surface area (Å²) in [5.41, 5.74) is 0.810. The van der Waals surface area contributed by atoms with E-state index in [9.17, 15) is 8.42 Å². The third-order valence-corrected chi connectivity index (χ3v) is 6.16. The van der Waals surface area contributed by atoms with Crippen LogP contribution < -0.4 is 10.0 Å². The van der Waals surface area contributed by atoms with Crippen LogP contribution in [0.1, 0.15) is 37.1 Å². The SMILES string of the molecule is Cc1csc(CNC2CC2)c1S(=O)(=O)NCCOC(C)C. The summed E-state index contributed by atoms with van der Waals surface area (Å²) in [4.78, 5) is 1.32. The summed E-state index contributed by atoms with van der Waals surface area (Å²) in [7, 11) is -3.46. The van der Waals surface area contributed by atoms with Gasteiger partial charge in [-0.05, 0) is 44.6 Å². The van der Waals surface area contributed by atoms with Crippen molar-refractivity contribution >= 4 is 21.4 Å². The van der Waals surface area contributed by atoms with Crippen LogP contribution in [-0.4, -0.2) is 33.7 Å². The van der Waals surface area contributed by atoms with Crippen molar-refractivity contribution in [1.29, 1.82) is 0 Å². The fourth-order valence-corrected chi connectivity index (χ4v) is 4.81. The van der Waals surface area contributed by atoms with Gasteiger partial charge in [0.25, 0.3) is 0 Å². The van der Waals surface area contributed by atoms with E-state index in [1.54, 1.807) is 0 Å². The lowest BCUT2D eigenvalue weighted by atomic mass is 10.3. The van der Waals surface area contributed by atoms with E-state index in [4.69, 9.17) is 4.74 Å². The molecule has 0 saturated heterocycles. The van der Waals surface area contributed by atoms with Crippen molar-refractivity contribution in [1.82, 2.24) is 10.0 Å². The van der Waals surface area contributed by atoms with Crippen molar-refractivity contribution in [2.75, 3.05) is 13.2 Å². The molecule has 1 heterocycles. The molecule has 7 heteroatoms. The Morgan fingerprint density at radius 3 is 2.76 bits per heavy atom. The summed E-state index contributed by atoms with van der Waals surface area (Å²) in [5.74, 6) is 0. The maximum atomic E-state index is 12.5. The molecular weight excluding hydrogens is 308 g/mol. The van der Waals surface area contributed by atoms with Crippen LogP contribution in [0, 0.1) is 6.92 Å². The first kappa shape index (κ1) is 16.9. The van der Waals surface area contributed by atoms with E-state index in [1.807, 2.05) is 26.2 Å². The Labute approximate surface area is 131 Å². The van der Waals surface area contributed by atoms with Crippen molar-refractivity contribution in [3.05, 3.63) is 15.8 Å². The number of thiophene rings is 1. The summed E-state index contributed by atoms with van der Waals surface area (Å²) >= 11 is 1.50. The van der Waals surface area contributed by atoms with E-state index in [0.717, 1.165) is 10.4 Å². The molecule has 1 aliphatic rings. The van der Waals surface area contributed by atoms with Gasteiger partial charge in [0.05, 0.1) is 12.7 Å². The van der Waals surface area contributed by atoms with Gasteiger partial charge in [0.2, 0.25) is 10.0 Å². The van der Waals surface area contributed by atoms with Gasteiger partial charge in [-0.2, -0.15) is 0 Å². The van der Waals surface area contributed by atoms with E-state index in [0.29, 0.717) is 30.6 Å². The maximum absolute atomic E-state index is 12.5. The van der Waals surface area contributed by atoms with Gasteiger partial charge in [0, 0.05) is 24.0 Å². The van der Waals surface area contributed by atoms with Crippen LogP contribution in [0.5, 0.6) is 0 Å². The lowest BCUT2D eigenvalue weighted by Crippen LogP contribution is -2.29. The molecule has 120 valence electrons. The number of rotatable bonds is 9. The Morgan fingerprint density at radius 1 is 1.43 bits per heavy atom. The van der Waals surface area contributed by atoms with Gasteiger partial charge in [0.1, 0.15) is 4.90 Å². The first-order valence-electron chi connectivity index (χ1n) is 7.31. The fraction of sp³-hybridized carbons (Fsp3) is 0.714. The Bertz CT molecular complexity index is 563. The van der Waals surface area contributed by atoms with Crippen molar-refractivity contribution in [3.63, 3.8) is 0 Å². The van der Waals surface area contributed by atoms with Crippen LogP contribution in [0.15, 0.2) is 10.3 Å². The molecule has 0 aliphatic heterocycles. The molecule has 0 unspecified atom stereocenters. The smallest absolute Gasteiger partial charge is 0.242 e. The topological polar surface area (TPSA) is 67.4 Å². The molecule has 0 atom stereocenters. The summed E-state index contributed by atoms with van der Waals surface area (Å²) in [5, 5.41) is 5.28. The first-order chi connectivity index (χ1) is 9.90. The zero-order valence-electron chi connectivity index (χ0n) is 12.8. The van der Waals surface area contributed by atoms with Gasteiger partial charge in [-0.1, -0.05) is 0 Å². The van der Waals surface area contributed by atoms with Crippen LogP contribution >= 0.6 is 11.3 Å². The molecule has 0 amide bonds. The highest BCUT2D eigenvalue weighted by atomic mass is 32.2. The molecule has 1 saturated carbocycles. The molecular formula is C14H24N2O3S2. The third-order valence-electron chi connectivity index (χ3n) is 3.23. The van der Waals surface area contributed by atoms with Crippen molar-refractivity contribution in [2.24, 2.45) is 0 Å². The lowest BCUT2D eigenvalue weighted by molar-refractivity contribution is 0.0834. The number of sulfonamides is 1. The minimum Gasteiger partial charge on any atom is -0.377 e. The molecule has 1 aromatic heterocycles. The summed E-state index contributed by atoms with van der Waals surface area (Å²) in [6.07, 6.45) is 2.49. The number of nitrogens with one attached hydrogen (secondary N) is 2. The predicted molar refractivity (Wildman–Crippen MR) is 85.2 cm³/mol. The van der Waals surface area contributed by atoms with Crippen molar-refractivity contribution < 1.29 is 13.2 Å². The minimum atomic E-state index is -3.46. The van der Waals surface area contributed by atoms with E-state index in [1.165, 1.54) is 24.2 Å². The Morgan fingerprint density at radius 2 is 2.14 bits per heavy atom. The second kappa shape index (κ2) is 7.19. The van der Waals surface area contributed by atoms with Gasteiger partial charge in [-0.3, -0.25) is 0 Å². The van der Waals surface area contributed by atoms with Gasteiger partial charge in [0.15, 0.2) is 0 Å². The average molecular weight is 332 g/mol. The lowest BCUT2D eigenvalue weighted by Gasteiger charge is -2.11. The van der Waals surface area contributed by atoms with E-state index in [-0.39, 0.29) is 6.10 Å². The number of hydrogen-bond acceptors (Lipinski definition) is 5. The fourth-order valence-electron chi connectivity index (χ4n) is 2.04. The molecule has 21 heavy (non-hydrogen) atoms. The summed E-state index contributed by atoms with van der Waals surface area (Å²) in [6, 6.07) is 0.565. The highest BCUT2D eigenvalue weighted by molar-refractivity contribution is 7.89. The second-order valence-corrected chi connectivity index (χ2v) is 8.31. The van der Waals surface area contributed by atoms with Crippen LogP contribution in [0.4, 0.5) is 0 Å². The van der Waals surface area contributed by atoms with Crippen molar-refractivity contribution in [2.45, 2.75) is 57.2 Å². The zero-order chi connectivity index (χ0) is 15.5. The Hall–Kier alpha value is -0.470. The molecule has 1 aliphatic carbocycles. The van der Waals surface area contributed by atoms with E-state index >= 15 is 0 Å². The quantitative estimate of drug-likeness (QED) is 0.679. The van der Waals surface area contributed by atoms with Gasteiger partial charge >= 0.3 is 0 Å². The highest BCUT2D eigenvalue weighted by Gasteiger charge is 2.25. The van der Waals surface area contributed by atoms with Crippen LogP contribution in [0.2, 0.25) is 0 Å². The molecule has 0 aromatic carbocycles. The average Bonchev–Trinajstić information content (AvgIpc) is 3.15. The number of hydrogen-bond donors (Lipinski definition) is 2. The molecule has 0 spiro atoms. The van der Waals surface area contributed by atoms with Crippen LogP contribution in [-0.2, 0) is 21.3 Å². The van der Waals surface area contributed by atoms with Gasteiger partial charge in [-0.25, -0.2) is 13.1 Å². The first-order valence-corrected chi connectivity index (χ1v) is 9.68. The molecule has 0 bridgehead atoms. The summed E-state index contributed by atoms with van der Waals surface area (Å²) < 4.78 is 32.9. The summed E-state index contributed by atoms with van der Waals surface area (Å²) in [6.45, 7) is 7.01. The minimum absolute atomic E-state index is 0.107. The zero-order valence-corrected chi connectivity index (χ0v) is 14.4. The van der Waals surface area contributed by atoms with Gasteiger partial charge in [-0.15, -0.1) is 11.3 Å². The number of ether oxygens (including phenoxy) is 1. The monoisotopic (exact) mass is 332 g/mol. The Balaban J connectivity index is 1.98. The normalized spacial score (nSPS) is 15.8.